The van der Waals surface area contributed by atoms with Crippen molar-refractivity contribution in [1.82, 2.24) is 20.0 Å². The Hall–Kier alpha value is -2.79. The van der Waals surface area contributed by atoms with E-state index < -0.39 is 0 Å². The minimum absolute atomic E-state index is 0.148. The zero-order chi connectivity index (χ0) is 19.8. The maximum atomic E-state index is 13.0. The van der Waals surface area contributed by atoms with Crippen LogP contribution in [0.25, 0.3) is 21.9 Å². The average Bonchev–Trinajstić information content (AvgIpc) is 2.74. The molecule has 0 aliphatic carbocycles. The first-order chi connectivity index (χ1) is 14.2. The van der Waals surface area contributed by atoms with E-state index in [9.17, 15) is 4.79 Å². The summed E-state index contributed by atoms with van der Waals surface area (Å²) in [5.74, 6) is 0.148. The minimum atomic E-state index is 0.148. The molecule has 3 heterocycles. The van der Waals surface area contributed by atoms with Crippen LogP contribution in [0.2, 0.25) is 0 Å². The van der Waals surface area contributed by atoms with Gasteiger partial charge in [-0.05, 0) is 66.9 Å². The van der Waals surface area contributed by atoms with Crippen molar-refractivity contribution in [2.24, 2.45) is 0 Å². The van der Waals surface area contributed by atoms with E-state index in [1.807, 2.05) is 29.2 Å². The van der Waals surface area contributed by atoms with Crippen molar-refractivity contribution < 1.29 is 4.79 Å². The molecule has 0 spiro atoms. The maximum absolute atomic E-state index is 13.0. The number of fused-ring (bicyclic) bond motifs is 1. The Balaban J connectivity index is 1.30. The molecule has 5 rings (SSSR count). The Bertz CT molecular complexity index is 1030. The van der Waals surface area contributed by atoms with Crippen LogP contribution in [0.15, 0.2) is 54.9 Å². The summed E-state index contributed by atoms with van der Waals surface area (Å²) in [6, 6.07) is 15.4. The standard InChI is InChI=1S/C24H26N4O/c1-17-4-2-3-11-28(17)23-15-27(16-23)24(29)21-8-7-18-12-20(6-5-19(18)13-21)22-9-10-25-26-14-22/h5-10,12-14,17,23H,2-4,11,15-16H2,1H3. The Morgan fingerprint density at radius 2 is 1.79 bits per heavy atom. The number of piperidine rings is 1. The van der Waals surface area contributed by atoms with Gasteiger partial charge >= 0.3 is 0 Å². The molecule has 0 N–H and O–H groups in total. The van der Waals surface area contributed by atoms with Gasteiger partial charge in [0.05, 0.1) is 12.4 Å². The first kappa shape index (κ1) is 18.3. The van der Waals surface area contributed by atoms with Crippen LogP contribution in [0.1, 0.15) is 36.5 Å². The van der Waals surface area contributed by atoms with Crippen LogP contribution in [0.4, 0.5) is 0 Å². The first-order valence-corrected chi connectivity index (χ1v) is 10.5. The van der Waals surface area contributed by atoms with Crippen LogP contribution in [0.3, 0.4) is 0 Å². The van der Waals surface area contributed by atoms with Gasteiger partial charge in [0, 0.05) is 36.3 Å². The van der Waals surface area contributed by atoms with Gasteiger partial charge in [-0.1, -0.05) is 24.6 Å². The summed E-state index contributed by atoms with van der Waals surface area (Å²) in [7, 11) is 0. The lowest BCUT2D eigenvalue weighted by molar-refractivity contribution is 0.00214. The molecule has 148 valence electrons. The molecule has 0 bridgehead atoms. The minimum Gasteiger partial charge on any atom is -0.335 e. The molecule has 5 heteroatoms. The quantitative estimate of drug-likeness (QED) is 0.683. The van der Waals surface area contributed by atoms with E-state index in [0.717, 1.165) is 40.6 Å². The highest BCUT2D eigenvalue weighted by molar-refractivity contribution is 5.99. The second kappa shape index (κ2) is 7.56. The van der Waals surface area contributed by atoms with Crippen LogP contribution < -0.4 is 0 Å². The third kappa shape index (κ3) is 3.51. The van der Waals surface area contributed by atoms with E-state index in [-0.39, 0.29) is 5.91 Å². The van der Waals surface area contributed by atoms with Crippen molar-refractivity contribution in [3.8, 4) is 11.1 Å². The highest BCUT2D eigenvalue weighted by Gasteiger charge is 2.37. The van der Waals surface area contributed by atoms with E-state index >= 15 is 0 Å². The van der Waals surface area contributed by atoms with Gasteiger partial charge < -0.3 is 4.90 Å². The molecule has 3 aromatic rings. The van der Waals surface area contributed by atoms with Crippen molar-refractivity contribution in [3.63, 3.8) is 0 Å². The molecule has 1 amide bonds. The van der Waals surface area contributed by atoms with Crippen LogP contribution >= 0.6 is 0 Å². The van der Waals surface area contributed by atoms with Crippen molar-refractivity contribution >= 4 is 16.7 Å². The number of nitrogens with zero attached hydrogens (tertiary/aromatic N) is 4. The van der Waals surface area contributed by atoms with E-state index in [1.54, 1.807) is 12.4 Å². The number of carbonyl (C=O) groups is 1. The van der Waals surface area contributed by atoms with Gasteiger partial charge in [-0.15, -0.1) is 0 Å². The van der Waals surface area contributed by atoms with Crippen molar-refractivity contribution in [2.75, 3.05) is 19.6 Å². The molecular weight excluding hydrogens is 360 g/mol. The molecule has 2 fully saturated rings. The van der Waals surface area contributed by atoms with Crippen molar-refractivity contribution in [2.45, 2.75) is 38.3 Å². The molecule has 1 atom stereocenters. The Labute approximate surface area is 171 Å². The van der Waals surface area contributed by atoms with Gasteiger partial charge in [0.15, 0.2) is 0 Å². The number of hydrogen-bond acceptors (Lipinski definition) is 4. The van der Waals surface area contributed by atoms with E-state index in [1.165, 1.54) is 25.8 Å². The third-order valence-corrected chi connectivity index (χ3v) is 6.48. The Morgan fingerprint density at radius 3 is 2.59 bits per heavy atom. The SMILES string of the molecule is CC1CCCCN1C1CN(C(=O)c2ccc3cc(-c4ccnnc4)ccc3c2)C1. The van der Waals surface area contributed by atoms with E-state index in [2.05, 4.69) is 40.2 Å². The summed E-state index contributed by atoms with van der Waals surface area (Å²) in [6.07, 6.45) is 7.38. The van der Waals surface area contributed by atoms with Gasteiger partial charge in [-0.3, -0.25) is 9.69 Å². The fourth-order valence-corrected chi connectivity index (χ4v) is 4.70. The molecule has 1 unspecified atom stereocenters. The second-order valence-corrected chi connectivity index (χ2v) is 8.35. The fraction of sp³-hybridized carbons (Fsp3) is 0.375. The maximum Gasteiger partial charge on any atom is 0.253 e. The fourth-order valence-electron chi connectivity index (χ4n) is 4.70. The number of aromatic nitrogens is 2. The van der Waals surface area contributed by atoms with Crippen LogP contribution in [0.5, 0.6) is 0 Å². The molecule has 2 aromatic carbocycles. The number of amides is 1. The number of carbonyl (C=O) groups excluding carboxylic acids is 1. The molecule has 2 saturated heterocycles. The van der Waals surface area contributed by atoms with E-state index in [4.69, 9.17) is 0 Å². The lowest BCUT2D eigenvalue weighted by Crippen LogP contribution is -2.63. The summed E-state index contributed by atoms with van der Waals surface area (Å²) in [4.78, 5) is 17.6. The summed E-state index contributed by atoms with van der Waals surface area (Å²) in [6.45, 7) is 5.22. The van der Waals surface area contributed by atoms with Gasteiger partial charge in [0.1, 0.15) is 0 Å². The molecule has 1 aromatic heterocycles. The second-order valence-electron chi connectivity index (χ2n) is 8.35. The van der Waals surface area contributed by atoms with Crippen LogP contribution in [-0.4, -0.2) is 57.6 Å². The smallest absolute Gasteiger partial charge is 0.253 e. The highest BCUT2D eigenvalue weighted by atomic mass is 16.2. The van der Waals surface area contributed by atoms with Crippen LogP contribution in [-0.2, 0) is 0 Å². The number of rotatable bonds is 3. The molecule has 0 saturated carbocycles. The Morgan fingerprint density at radius 1 is 0.966 bits per heavy atom. The number of hydrogen-bond donors (Lipinski definition) is 0. The third-order valence-electron chi connectivity index (χ3n) is 6.48. The van der Waals surface area contributed by atoms with Gasteiger partial charge in [0.2, 0.25) is 0 Å². The molecular formula is C24H26N4O. The van der Waals surface area contributed by atoms with Gasteiger partial charge in [-0.25, -0.2) is 0 Å². The largest absolute Gasteiger partial charge is 0.335 e. The predicted octanol–water partition coefficient (Wildman–Crippen LogP) is 4.00. The van der Waals surface area contributed by atoms with Crippen LogP contribution in [0, 0.1) is 0 Å². The topological polar surface area (TPSA) is 49.3 Å². The summed E-state index contributed by atoms with van der Waals surface area (Å²) < 4.78 is 0. The summed E-state index contributed by atoms with van der Waals surface area (Å²) in [5.41, 5.74) is 2.93. The summed E-state index contributed by atoms with van der Waals surface area (Å²) >= 11 is 0. The zero-order valence-electron chi connectivity index (χ0n) is 16.8. The van der Waals surface area contributed by atoms with Crippen molar-refractivity contribution in [3.05, 3.63) is 60.4 Å². The number of likely N-dealkylation sites (tertiary alicyclic amines) is 2. The lowest BCUT2D eigenvalue weighted by atomic mass is 9.96. The zero-order valence-corrected chi connectivity index (χ0v) is 16.8. The Kier molecular flexibility index (Phi) is 4.76. The molecule has 0 radical (unpaired) electrons. The molecule has 29 heavy (non-hydrogen) atoms. The lowest BCUT2D eigenvalue weighted by Gasteiger charge is -2.49. The summed E-state index contributed by atoms with van der Waals surface area (Å²) in [5, 5.41) is 10.0. The predicted molar refractivity (Wildman–Crippen MR) is 115 cm³/mol. The first-order valence-electron chi connectivity index (χ1n) is 10.5. The van der Waals surface area contributed by atoms with Gasteiger partial charge in [-0.2, -0.15) is 10.2 Å². The molecule has 2 aliphatic rings. The monoisotopic (exact) mass is 386 g/mol. The van der Waals surface area contributed by atoms with Crippen molar-refractivity contribution in [1.29, 1.82) is 0 Å². The highest BCUT2D eigenvalue weighted by Crippen LogP contribution is 2.28. The average molecular weight is 386 g/mol. The normalized spacial score (nSPS) is 20.6. The molecule has 5 nitrogen and oxygen atoms in total. The number of benzene rings is 2. The molecule has 2 aliphatic heterocycles. The van der Waals surface area contributed by atoms with Gasteiger partial charge in [0.25, 0.3) is 5.91 Å². The van der Waals surface area contributed by atoms with E-state index in [0.29, 0.717) is 12.1 Å².